The number of hydrogen-bond acceptors (Lipinski definition) is 5. The zero-order chi connectivity index (χ0) is 21.5. The van der Waals surface area contributed by atoms with Crippen molar-refractivity contribution in [1.29, 1.82) is 0 Å². The molecule has 0 radical (unpaired) electrons. The van der Waals surface area contributed by atoms with E-state index < -0.39 is 17.7 Å². The van der Waals surface area contributed by atoms with E-state index in [2.05, 4.69) is 10.5 Å². The number of halogens is 2. The second-order valence-electron chi connectivity index (χ2n) is 5.96. The van der Waals surface area contributed by atoms with Crippen LogP contribution in [-0.4, -0.2) is 25.2 Å². The molecular weight excluding hydrogens is 411 g/mol. The largest absolute Gasteiger partial charge is 0.493 e. The second-order valence-corrected chi connectivity index (χ2v) is 6.37. The zero-order valence-corrected chi connectivity index (χ0v) is 16.5. The van der Waals surface area contributed by atoms with Crippen LogP contribution in [0.5, 0.6) is 11.5 Å². The van der Waals surface area contributed by atoms with Crippen LogP contribution in [0.25, 0.3) is 0 Å². The summed E-state index contributed by atoms with van der Waals surface area (Å²) in [5, 5.41) is 4.09. The Balaban J connectivity index is 1.70. The van der Waals surface area contributed by atoms with Crippen LogP contribution in [0.4, 0.5) is 4.39 Å². The van der Waals surface area contributed by atoms with E-state index >= 15 is 0 Å². The molecule has 0 spiro atoms. The summed E-state index contributed by atoms with van der Waals surface area (Å²) in [6.45, 7) is 0. The molecule has 0 bridgehead atoms. The van der Waals surface area contributed by atoms with Crippen molar-refractivity contribution in [1.82, 2.24) is 5.43 Å². The smallest absolute Gasteiger partial charge is 0.345 e. The first-order chi connectivity index (χ1) is 14.5. The van der Waals surface area contributed by atoms with Crippen LogP contribution in [0.15, 0.2) is 71.8 Å². The quantitative estimate of drug-likeness (QED) is 0.273. The maximum Gasteiger partial charge on any atom is 0.345 e. The van der Waals surface area contributed by atoms with Gasteiger partial charge in [-0.15, -0.1) is 0 Å². The standard InChI is InChI=1S/C22H16ClFN2O4/c1-29-20-12-14(13-25-26-21(27)16-7-3-5-9-18(16)24)10-11-19(20)30-22(28)15-6-2-4-8-17(15)23/h2-13H,1H3,(H,26,27). The first kappa shape index (κ1) is 21.0. The van der Waals surface area contributed by atoms with Crippen LogP contribution in [0.1, 0.15) is 26.3 Å². The predicted molar refractivity (Wildman–Crippen MR) is 111 cm³/mol. The Morgan fingerprint density at radius 3 is 2.40 bits per heavy atom. The SMILES string of the molecule is COc1cc(C=NNC(=O)c2ccccc2F)ccc1OC(=O)c1ccccc1Cl. The van der Waals surface area contributed by atoms with Crippen molar-refractivity contribution >= 4 is 29.7 Å². The summed E-state index contributed by atoms with van der Waals surface area (Å²) >= 11 is 6.01. The zero-order valence-electron chi connectivity index (χ0n) is 15.8. The summed E-state index contributed by atoms with van der Waals surface area (Å²) in [6.07, 6.45) is 1.35. The molecule has 0 saturated heterocycles. The molecule has 0 unspecified atom stereocenters. The van der Waals surface area contributed by atoms with E-state index in [0.29, 0.717) is 5.56 Å². The van der Waals surface area contributed by atoms with Crippen molar-refractivity contribution in [2.45, 2.75) is 0 Å². The Morgan fingerprint density at radius 2 is 1.70 bits per heavy atom. The van der Waals surface area contributed by atoms with Crippen molar-refractivity contribution in [3.05, 3.63) is 94.3 Å². The lowest BCUT2D eigenvalue weighted by Crippen LogP contribution is -2.18. The first-order valence-electron chi connectivity index (χ1n) is 8.72. The Morgan fingerprint density at radius 1 is 1.00 bits per heavy atom. The summed E-state index contributed by atoms with van der Waals surface area (Å²) in [5.41, 5.74) is 2.91. The number of hydrogen-bond donors (Lipinski definition) is 1. The van der Waals surface area contributed by atoms with Gasteiger partial charge in [-0.25, -0.2) is 14.6 Å². The Kier molecular flexibility index (Phi) is 6.77. The van der Waals surface area contributed by atoms with Crippen LogP contribution in [-0.2, 0) is 0 Å². The third-order valence-corrected chi connectivity index (χ3v) is 4.31. The molecule has 0 aromatic heterocycles. The fourth-order valence-corrected chi connectivity index (χ4v) is 2.71. The van der Waals surface area contributed by atoms with E-state index in [4.69, 9.17) is 21.1 Å². The minimum atomic E-state index is -0.679. The highest BCUT2D eigenvalue weighted by Crippen LogP contribution is 2.29. The molecule has 0 aliphatic rings. The highest BCUT2D eigenvalue weighted by molar-refractivity contribution is 6.33. The molecule has 0 heterocycles. The molecule has 0 saturated carbocycles. The van der Waals surface area contributed by atoms with E-state index in [0.717, 1.165) is 0 Å². The molecule has 6 nitrogen and oxygen atoms in total. The van der Waals surface area contributed by atoms with Gasteiger partial charge in [-0.1, -0.05) is 35.9 Å². The molecule has 152 valence electrons. The van der Waals surface area contributed by atoms with Crippen molar-refractivity contribution in [3.63, 3.8) is 0 Å². The number of ether oxygens (including phenoxy) is 2. The lowest BCUT2D eigenvalue weighted by molar-refractivity contribution is 0.0729. The van der Waals surface area contributed by atoms with Crippen LogP contribution in [0.3, 0.4) is 0 Å². The summed E-state index contributed by atoms with van der Waals surface area (Å²) < 4.78 is 24.2. The van der Waals surface area contributed by atoms with E-state index in [1.807, 2.05) is 0 Å². The van der Waals surface area contributed by atoms with Gasteiger partial charge in [0.1, 0.15) is 5.82 Å². The average Bonchev–Trinajstić information content (AvgIpc) is 2.75. The Labute approximate surface area is 176 Å². The number of amides is 1. The van der Waals surface area contributed by atoms with Gasteiger partial charge in [0.25, 0.3) is 5.91 Å². The number of carbonyl (C=O) groups excluding carboxylic acids is 2. The van der Waals surface area contributed by atoms with E-state index in [1.165, 1.54) is 37.6 Å². The summed E-state index contributed by atoms with van der Waals surface area (Å²) in [7, 11) is 1.42. The minimum absolute atomic E-state index is 0.117. The fraction of sp³-hybridized carbons (Fsp3) is 0.0455. The van der Waals surface area contributed by atoms with Gasteiger partial charge in [0.05, 0.1) is 29.5 Å². The first-order valence-corrected chi connectivity index (χ1v) is 9.10. The normalized spacial score (nSPS) is 10.6. The van der Waals surface area contributed by atoms with Gasteiger partial charge in [-0.3, -0.25) is 4.79 Å². The van der Waals surface area contributed by atoms with Crippen molar-refractivity contribution in [2.75, 3.05) is 7.11 Å². The maximum atomic E-state index is 13.6. The number of methoxy groups -OCH3 is 1. The average molecular weight is 427 g/mol. The summed E-state index contributed by atoms with van der Waals surface area (Å²) in [5.74, 6) is -1.48. The van der Waals surface area contributed by atoms with Crippen molar-refractivity contribution in [2.24, 2.45) is 5.10 Å². The molecule has 0 aliphatic carbocycles. The highest BCUT2D eigenvalue weighted by Gasteiger charge is 2.15. The topological polar surface area (TPSA) is 77.0 Å². The minimum Gasteiger partial charge on any atom is -0.493 e. The van der Waals surface area contributed by atoms with Crippen molar-refractivity contribution in [3.8, 4) is 11.5 Å². The molecule has 3 rings (SSSR count). The molecule has 30 heavy (non-hydrogen) atoms. The summed E-state index contributed by atoms with van der Waals surface area (Å²) in [4.78, 5) is 24.3. The number of carbonyl (C=O) groups is 2. The van der Waals surface area contributed by atoms with Crippen LogP contribution in [0, 0.1) is 5.82 Å². The Bertz CT molecular complexity index is 1120. The van der Waals surface area contributed by atoms with Crippen molar-refractivity contribution < 1.29 is 23.5 Å². The van der Waals surface area contributed by atoms with E-state index in [1.54, 1.807) is 42.5 Å². The van der Waals surface area contributed by atoms with Crippen LogP contribution >= 0.6 is 11.6 Å². The third kappa shape index (κ3) is 5.01. The van der Waals surface area contributed by atoms with Gasteiger partial charge in [0.15, 0.2) is 11.5 Å². The fourth-order valence-electron chi connectivity index (χ4n) is 2.50. The molecule has 3 aromatic rings. The van der Waals surface area contributed by atoms with Gasteiger partial charge < -0.3 is 9.47 Å². The number of nitrogens with one attached hydrogen (secondary N) is 1. The predicted octanol–water partition coefficient (Wildman–Crippen LogP) is 4.47. The molecule has 3 aromatic carbocycles. The molecule has 0 atom stereocenters. The lowest BCUT2D eigenvalue weighted by Gasteiger charge is -2.10. The number of hydrazone groups is 1. The summed E-state index contributed by atoms with van der Waals surface area (Å²) in [6, 6.07) is 16.8. The molecule has 1 amide bonds. The second kappa shape index (κ2) is 9.67. The van der Waals surface area contributed by atoms with Crippen LogP contribution < -0.4 is 14.9 Å². The van der Waals surface area contributed by atoms with E-state index in [9.17, 15) is 14.0 Å². The molecule has 0 aliphatic heterocycles. The van der Waals surface area contributed by atoms with Gasteiger partial charge in [-0.2, -0.15) is 5.10 Å². The van der Waals surface area contributed by atoms with E-state index in [-0.39, 0.29) is 27.6 Å². The van der Waals surface area contributed by atoms with Gasteiger partial charge in [0, 0.05) is 0 Å². The number of rotatable bonds is 6. The molecule has 1 N–H and O–H groups in total. The third-order valence-electron chi connectivity index (χ3n) is 3.98. The number of nitrogens with zero attached hydrogens (tertiary/aromatic N) is 1. The van der Waals surface area contributed by atoms with Gasteiger partial charge in [0.2, 0.25) is 0 Å². The Hall–Kier alpha value is -3.71. The molecule has 8 heteroatoms. The maximum absolute atomic E-state index is 13.6. The molecular formula is C22H16ClFN2O4. The number of benzene rings is 3. The van der Waals surface area contributed by atoms with Gasteiger partial charge in [-0.05, 0) is 48.0 Å². The highest BCUT2D eigenvalue weighted by atomic mass is 35.5. The van der Waals surface area contributed by atoms with Gasteiger partial charge >= 0.3 is 5.97 Å². The number of esters is 1. The monoisotopic (exact) mass is 426 g/mol. The lowest BCUT2D eigenvalue weighted by atomic mass is 10.2. The van der Waals surface area contributed by atoms with Crippen LogP contribution in [0.2, 0.25) is 5.02 Å². The molecule has 0 fully saturated rings.